The van der Waals surface area contributed by atoms with E-state index in [9.17, 15) is 19.2 Å². The second kappa shape index (κ2) is 18.5. The molecular formula is C61H46N2O7. The third-order valence-electron chi connectivity index (χ3n) is 12.7. The summed E-state index contributed by atoms with van der Waals surface area (Å²) in [5.41, 5.74) is 8.89. The number of hydrogen-bond donors (Lipinski definition) is 0. The molecule has 0 saturated carbocycles. The monoisotopic (exact) mass is 918 g/mol. The van der Waals surface area contributed by atoms with E-state index >= 15 is 0 Å². The molecule has 8 aromatic carbocycles. The van der Waals surface area contributed by atoms with E-state index in [4.69, 9.17) is 14.2 Å². The van der Waals surface area contributed by atoms with E-state index in [1.807, 2.05) is 84.9 Å². The number of ether oxygens (including phenoxy) is 3. The van der Waals surface area contributed by atoms with Crippen molar-refractivity contribution in [3.63, 3.8) is 0 Å². The van der Waals surface area contributed by atoms with Crippen molar-refractivity contribution >= 4 is 53.6 Å². The quantitative estimate of drug-likeness (QED) is 0.0838. The number of hydrogen-bond acceptors (Lipinski definition) is 7. The van der Waals surface area contributed by atoms with E-state index in [-0.39, 0.29) is 28.0 Å². The number of carbonyl (C=O) groups excluding carboxylic acids is 4. The highest BCUT2D eigenvalue weighted by atomic mass is 16.5. The molecule has 10 rings (SSSR count). The Morgan fingerprint density at radius 3 is 1.13 bits per heavy atom. The Bertz CT molecular complexity index is 3370. The first kappa shape index (κ1) is 44.7. The Balaban J connectivity index is 0.714. The number of fused-ring (bicyclic) bond motifs is 2. The highest BCUT2D eigenvalue weighted by Gasteiger charge is 2.37. The van der Waals surface area contributed by atoms with Crippen molar-refractivity contribution in [1.29, 1.82) is 0 Å². The maximum Gasteiger partial charge on any atom is 0.266 e. The lowest BCUT2D eigenvalue weighted by Crippen LogP contribution is -2.29. The Hall–Kier alpha value is -9.08. The SMILES string of the molecule is Cc1ccc(C=Cc2ccc(Oc3ccc(C(C)(C)c4ccc(Oc5ccc(C=Cc6ccc(N7C(=O)c8ccc(Oc9ccc%10c(c9)C(=O)N(C)C%10=O)cc8C7=O)cc6)cc5)cc4)cc3)cc2)cc1. The van der Waals surface area contributed by atoms with Gasteiger partial charge in [0, 0.05) is 12.5 Å². The molecule has 0 unspecified atom stereocenters. The zero-order chi connectivity index (χ0) is 48.5. The van der Waals surface area contributed by atoms with E-state index in [1.165, 1.54) is 36.4 Å². The second-order valence-electron chi connectivity index (χ2n) is 17.8. The van der Waals surface area contributed by atoms with Crippen molar-refractivity contribution in [2.24, 2.45) is 0 Å². The normalized spacial score (nSPS) is 13.4. The zero-order valence-electron chi connectivity index (χ0n) is 38.9. The van der Waals surface area contributed by atoms with Gasteiger partial charge in [-0.15, -0.1) is 0 Å². The molecule has 0 saturated heterocycles. The molecule has 0 atom stereocenters. The van der Waals surface area contributed by atoms with E-state index < -0.39 is 17.7 Å². The molecule has 2 heterocycles. The highest BCUT2D eigenvalue weighted by Crippen LogP contribution is 2.37. The summed E-state index contributed by atoms with van der Waals surface area (Å²) in [4.78, 5) is 53.9. The predicted octanol–water partition coefficient (Wildman–Crippen LogP) is 14.1. The molecule has 2 aliphatic rings. The summed E-state index contributed by atoms with van der Waals surface area (Å²) in [5.74, 6) is 1.95. The third-order valence-corrected chi connectivity index (χ3v) is 12.7. The molecule has 70 heavy (non-hydrogen) atoms. The minimum atomic E-state index is -0.471. The smallest absolute Gasteiger partial charge is 0.266 e. The summed E-state index contributed by atoms with van der Waals surface area (Å²) >= 11 is 0. The topological polar surface area (TPSA) is 102 Å². The molecule has 8 aromatic rings. The lowest BCUT2D eigenvalue weighted by atomic mass is 9.78. The van der Waals surface area contributed by atoms with Gasteiger partial charge in [0.25, 0.3) is 23.6 Å². The highest BCUT2D eigenvalue weighted by molar-refractivity contribution is 6.34. The van der Waals surface area contributed by atoms with Crippen LogP contribution in [0.25, 0.3) is 24.3 Å². The van der Waals surface area contributed by atoms with E-state index in [2.05, 4.69) is 93.6 Å². The molecule has 0 spiro atoms. The van der Waals surface area contributed by atoms with Crippen LogP contribution in [0.5, 0.6) is 34.5 Å². The van der Waals surface area contributed by atoms with Gasteiger partial charge in [0.15, 0.2) is 0 Å². The van der Waals surface area contributed by atoms with E-state index in [0.717, 1.165) is 54.9 Å². The van der Waals surface area contributed by atoms with Gasteiger partial charge in [0.05, 0.1) is 27.9 Å². The van der Waals surface area contributed by atoms with Crippen LogP contribution in [-0.4, -0.2) is 35.6 Å². The van der Waals surface area contributed by atoms with Crippen molar-refractivity contribution < 1.29 is 33.4 Å². The summed E-state index contributed by atoms with van der Waals surface area (Å²) in [6.07, 6.45) is 8.15. The van der Waals surface area contributed by atoms with Crippen LogP contribution >= 0.6 is 0 Å². The number of nitrogens with zero attached hydrogens (tertiary/aromatic N) is 2. The van der Waals surface area contributed by atoms with Crippen molar-refractivity contribution in [3.05, 3.63) is 243 Å². The van der Waals surface area contributed by atoms with Gasteiger partial charge < -0.3 is 14.2 Å². The fourth-order valence-corrected chi connectivity index (χ4v) is 8.47. The van der Waals surface area contributed by atoms with E-state index in [0.29, 0.717) is 28.5 Å². The summed E-state index contributed by atoms with van der Waals surface area (Å²) in [5, 5.41) is 0. The Kier molecular flexibility index (Phi) is 11.9. The van der Waals surface area contributed by atoms with Gasteiger partial charge in [0.2, 0.25) is 0 Å². The van der Waals surface area contributed by atoms with Crippen molar-refractivity contribution in [1.82, 2.24) is 4.90 Å². The molecule has 2 aliphatic heterocycles. The molecule has 0 fully saturated rings. The first-order valence-corrected chi connectivity index (χ1v) is 22.8. The fourth-order valence-electron chi connectivity index (χ4n) is 8.47. The lowest BCUT2D eigenvalue weighted by Gasteiger charge is -2.26. The van der Waals surface area contributed by atoms with Crippen LogP contribution in [0.4, 0.5) is 5.69 Å². The maximum atomic E-state index is 13.6. The van der Waals surface area contributed by atoms with Gasteiger partial charge >= 0.3 is 0 Å². The third kappa shape index (κ3) is 9.16. The van der Waals surface area contributed by atoms with Crippen molar-refractivity contribution in [2.75, 3.05) is 11.9 Å². The zero-order valence-corrected chi connectivity index (χ0v) is 38.9. The molecule has 0 bridgehead atoms. The van der Waals surface area contributed by atoms with Crippen molar-refractivity contribution in [2.45, 2.75) is 26.2 Å². The van der Waals surface area contributed by atoms with Gasteiger partial charge in [0.1, 0.15) is 34.5 Å². The predicted molar refractivity (Wildman–Crippen MR) is 274 cm³/mol. The Labute approximate surface area is 406 Å². The van der Waals surface area contributed by atoms with Gasteiger partial charge in [-0.3, -0.25) is 24.1 Å². The average molecular weight is 919 g/mol. The van der Waals surface area contributed by atoms with Crippen LogP contribution in [0.1, 0.15) is 94.2 Å². The van der Waals surface area contributed by atoms with Crippen LogP contribution in [0.15, 0.2) is 182 Å². The maximum absolute atomic E-state index is 13.6. The van der Waals surface area contributed by atoms with Gasteiger partial charge in [-0.2, -0.15) is 0 Å². The number of aryl methyl sites for hydroxylation is 1. The van der Waals surface area contributed by atoms with Crippen LogP contribution in [0.2, 0.25) is 0 Å². The minimum Gasteiger partial charge on any atom is -0.457 e. The van der Waals surface area contributed by atoms with Gasteiger partial charge in [-0.25, -0.2) is 4.90 Å². The molecule has 9 heteroatoms. The summed E-state index contributed by atoms with van der Waals surface area (Å²) < 4.78 is 18.3. The minimum absolute atomic E-state index is 0.206. The molecule has 342 valence electrons. The summed E-state index contributed by atoms with van der Waals surface area (Å²) in [7, 11) is 1.43. The first-order chi connectivity index (χ1) is 33.9. The molecule has 0 N–H and O–H groups in total. The number of carbonyl (C=O) groups is 4. The largest absolute Gasteiger partial charge is 0.457 e. The van der Waals surface area contributed by atoms with Gasteiger partial charge in [-0.1, -0.05) is 129 Å². The molecule has 0 aromatic heterocycles. The van der Waals surface area contributed by atoms with Crippen LogP contribution in [0, 0.1) is 6.92 Å². The molecule has 4 amide bonds. The number of rotatable bonds is 13. The second-order valence-corrected chi connectivity index (χ2v) is 17.8. The first-order valence-electron chi connectivity index (χ1n) is 22.8. The molecule has 9 nitrogen and oxygen atoms in total. The molecule has 0 aliphatic carbocycles. The molecule has 0 radical (unpaired) electrons. The summed E-state index contributed by atoms with van der Waals surface area (Å²) in [6.45, 7) is 6.50. The lowest BCUT2D eigenvalue weighted by molar-refractivity contribution is 0.0692. The summed E-state index contributed by atoms with van der Waals surface area (Å²) in [6, 6.07) is 57.2. The number of imide groups is 2. The van der Waals surface area contributed by atoms with Crippen LogP contribution in [0.3, 0.4) is 0 Å². The van der Waals surface area contributed by atoms with Crippen molar-refractivity contribution in [3.8, 4) is 34.5 Å². The number of amides is 4. The number of benzene rings is 8. The number of anilines is 1. The van der Waals surface area contributed by atoms with Gasteiger partial charge in [-0.05, 0) is 137 Å². The average Bonchev–Trinajstić information content (AvgIpc) is 3.75. The fraction of sp³-hybridized carbons (Fsp3) is 0.0820. The molecular weight excluding hydrogens is 873 g/mol. The van der Waals surface area contributed by atoms with Crippen LogP contribution < -0.4 is 19.1 Å². The standard InChI is InChI=1S/C61H46N2O7/c1-39-5-7-40(8-6-39)9-11-42-15-25-47(26-16-42)68-49-29-19-44(20-30-49)61(2,3)45-21-31-50(32-22-45)69-48-27-17-43(18-28-48)12-10-41-13-23-46(24-14-41)63-59(66)54-36-34-52(38-56(54)60(63)67)70-51-33-35-53-55(37-51)58(65)62(4)57(53)64/h5-38H,1-4H3. The van der Waals surface area contributed by atoms with Crippen LogP contribution in [-0.2, 0) is 5.41 Å². The van der Waals surface area contributed by atoms with E-state index in [1.54, 1.807) is 30.3 Å². The Morgan fingerprint density at radius 2 is 0.686 bits per heavy atom. The Morgan fingerprint density at radius 1 is 0.371 bits per heavy atom.